The monoisotopic (exact) mass is 422 g/mol. The minimum atomic E-state index is -4.41. The highest BCUT2D eigenvalue weighted by molar-refractivity contribution is 5.70. The Morgan fingerprint density at radius 3 is 2.40 bits per heavy atom. The minimum absolute atomic E-state index is 0.0451. The van der Waals surface area contributed by atoms with E-state index in [-0.39, 0.29) is 11.8 Å². The number of benzene rings is 1. The summed E-state index contributed by atoms with van der Waals surface area (Å²) in [6.07, 6.45) is 1.20. The summed E-state index contributed by atoms with van der Waals surface area (Å²) >= 11 is 0. The van der Waals surface area contributed by atoms with E-state index >= 15 is 0 Å². The van der Waals surface area contributed by atoms with Crippen LogP contribution in [0, 0.1) is 17.8 Å². The Labute approximate surface area is 176 Å². The lowest BCUT2D eigenvalue weighted by Gasteiger charge is -2.32. The number of nitrogens with zero attached hydrogens (tertiary/aromatic N) is 2. The second-order valence-electron chi connectivity index (χ2n) is 7.63. The third-order valence-corrected chi connectivity index (χ3v) is 5.28. The van der Waals surface area contributed by atoms with Crippen molar-refractivity contribution in [3.05, 3.63) is 42.5 Å². The first kappa shape index (κ1) is 23.8. The molecule has 0 N–H and O–H groups in total. The van der Waals surface area contributed by atoms with Crippen molar-refractivity contribution in [1.82, 2.24) is 9.80 Å². The molecule has 1 aliphatic carbocycles. The summed E-state index contributed by atoms with van der Waals surface area (Å²) in [5.41, 5.74) is -0.776. The minimum Gasteiger partial charge on any atom is -0.410 e. The zero-order valence-corrected chi connectivity index (χ0v) is 17.5. The van der Waals surface area contributed by atoms with E-state index in [1.165, 1.54) is 4.90 Å². The molecule has 164 valence electrons. The molecule has 1 aromatic rings. The van der Waals surface area contributed by atoms with Crippen LogP contribution in [0.1, 0.15) is 37.7 Å². The summed E-state index contributed by atoms with van der Waals surface area (Å²) in [5, 5.41) is 0. The van der Waals surface area contributed by atoms with Gasteiger partial charge in [-0.05, 0) is 57.0 Å². The van der Waals surface area contributed by atoms with Crippen LogP contribution in [0.15, 0.2) is 36.9 Å². The zero-order valence-electron chi connectivity index (χ0n) is 17.5. The quantitative estimate of drug-likeness (QED) is 0.466. The average molecular weight is 422 g/mol. The van der Waals surface area contributed by atoms with Gasteiger partial charge in [-0.15, -0.1) is 12.5 Å². The van der Waals surface area contributed by atoms with E-state index in [0.29, 0.717) is 5.92 Å². The molecule has 0 unspecified atom stereocenters. The summed E-state index contributed by atoms with van der Waals surface area (Å²) in [6, 6.07) is 4.17. The van der Waals surface area contributed by atoms with Crippen LogP contribution in [0.5, 0.6) is 5.75 Å². The van der Waals surface area contributed by atoms with E-state index in [1.807, 2.05) is 13.1 Å². The van der Waals surface area contributed by atoms with Crippen molar-refractivity contribution in [2.45, 2.75) is 44.3 Å². The molecule has 1 fully saturated rings. The third-order valence-electron chi connectivity index (χ3n) is 5.28. The fourth-order valence-corrected chi connectivity index (χ4v) is 3.42. The second-order valence-corrected chi connectivity index (χ2v) is 7.63. The molecule has 2 rings (SSSR count). The Bertz CT molecular complexity index is 757. The van der Waals surface area contributed by atoms with Crippen molar-refractivity contribution in [2.75, 3.05) is 27.2 Å². The molecule has 4 nitrogen and oxygen atoms in total. The lowest BCUT2D eigenvalue weighted by atomic mass is 9.86. The van der Waals surface area contributed by atoms with Crippen molar-refractivity contribution in [2.24, 2.45) is 5.92 Å². The first-order valence-corrected chi connectivity index (χ1v) is 10.1. The maximum atomic E-state index is 12.6. The van der Waals surface area contributed by atoms with E-state index in [0.717, 1.165) is 69.5 Å². The van der Waals surface area contributed by atoms with Crippen LogP contribution in [-0.2, 0) is 6.18 Å². The number of amides is 1. The molecule has 0 heterocycles. The van der Waals surface area contributed by atoms with Crippen LogP contribution in [0.4, 0.5) is 18.0 Å². The van der Waals surface area contributed by atoms with Crippen LogP contribution in [0.2, 0.25) is 0 Å². The summed E-state index contributed by atoms with van der Waals surface area (Å²) in [5.74, 6) is 7.02. The number of ether oxygens (including phenoxy) is 1. The summed E-state index contributed by atoms with van der Waals surface area (Å²) < 4.78 is 43.1. The number of carbonyl (C=O) groups is 1. The molecule has 1 amide bonds. The van der Waals surface area contributed by atoms with Crippen molar-refractivity contribution in [3.8, 4) is 17.6 Å². The first-order valence-electron chi connectivity index (χ1n) is 10.1. The molecule has 7 heteroatoms. The van der Waals surface area contributed by atoms with Crippen molar-refractivity contribution >= 4 is 6.09 Å². The van der Waals surface area contributed by atoms with E-state index < -0.39 is 17.8 Å². The summed E-state index contributed by atoms with van der Waals surface area (Å²) in [4.78, 5) is 16.0. The van der Waals surface area contributed by atoms with Crippen LogP contribution in [0.3, 0.4) is 0 Å². The predicted molar refractivity (Wildman–Crippen MR) is 111 cm³/mol. The maximum absolute atomic E-state index is 12.6. The van der Waals surface area contributed by atoms with Crippen LogP contribution in [-0.4, -0.2) is 49.1 Å². The van der Waals surface area contributed by atoms with Gasteiger partial charge in [-0.2, -0.15) is 13.2 Å². The molecule has 1 aromatic carbocycles. The zero-order chi connectivity index (χ0) is 22.1. The predicted octanol–water partition coefficient (Wildman–Crippen LogP) is 5.21. The Kier molecular flexibility index (Phi) is 8.79. The smallest absolute Gasteiger partial charge is 0.410 e. The van der Waals surface area contributed by atoms with E-state index in [1.54, 1.807) is 7.05 Å². The highest BCUT2D eigenvalue weighted by Gasteiger charge is 2.30. The van der Waals surface area contributed by atoms with Crippen LogP contribution >= 0.6 is 0 Å². The Morgan fingerprint density at radius 2 is 1.83 bits per heavy atom. The molecule has 0 atom stereocenters. The van der Waals surface area contributed by atoms with Gasteiger partial charge in [-0.1, -0.05) is 12.0 Å². The van der Waals surface area contributed by atoms with Gasteiger partial charge in [-0.3, -0.25) is 0 Å². The Hall–Kier alpha value is -2.46. The van der Waals surface area contributed by atoms with Crippen molar-refractivity contribution in [1.29, 1.82) is 0 Å². The van der Waals surface area contributed by atoms with Gasteiger partial charge in [0.2, 0.25) is 0 Å². The van der Waals surface area contributed by atoms with Gasteiger partial charge >= 0.3 is 12.3 Å². The second kappa shape index (κ2) is 11.1. The van der Waals surface area contributed by atoms with Gasteiger partial charge in [0, 0.05) is 38.5 Å². The lowest BCUT2D eigenvalue weighted by molar-refractivity contribution is -0.137. The van der Waals surface area contributed by atoms with Gasteiger partial charge in [0.05, 0.1) is 5.56 Å². The number of carbonyl (C=O) groups excluding carboxylic acids is 1. The lowest BCUT2D eigenvalue weighted by Crippen LogP contribution is -2.40. The molecular formula is C23H29F3N2O2. The number of halogens is 3. The molecule has 0 saturated heterocycles. The number of likely N-dealkylation sites (N-methyl/N-ethyl adjacent to an activating group) is 1. The molecule has 30 heavy (non-hydrogen) atoms. The average Bonchev–Trinajstić information content (AvgIpc) is 2.71. The first-order chi connectivity index (χ1) is 14.2. The molecule has 0 bridgehead atoms. The summed E-state index contributed by atoms with van der Waals surface area (Å²) in [7, 11) is 3.70. The topological polar surface area (TPSA) is 32.8 Å². The van der Waals surface area contributed by atoms with Gasteiger partial charge in [0.15, 0.2) is 0 Å². The van der Waals surface area contributed by atoms with Crippen LogP contribution < -0.4 is 4.74 Å². The normalized spacial score (nSPS) is 19.0. The third kappa shape index (κ3) is 7.42. The number of alkyl halides is 3. The van der Waals surface area contributed by atoms with E-state index in [4.69, 9.17) is 4.74 Å². The Morgan fingerprint density at radius 1 is 1.20 bits per heavy atom. The van der Waals surface area contributed by atoms with Crippen molar-refractivity contribution in [3.63, 3.8) is 0 Å². The number of hydrogen-bond acceptors (Lipinski definition) is 3. The fraction of sp³-hybridized carbons (Fsp3) is 0.522. The van der Waals surface area contributed by atoms with E-state index in [9.17, 15) is 18.0 Å². The SMILES string of the molecule is C=CCN(C)CCC#CC1CCC(N(C)C(=O)Oc2ccc(C(F)(F)F)cc2)CC1. The van der Waals surface area contributed by atoms with Crippen LogP contribution in [0.25, 0.3) is 0 Å². The molecule has 0 aromatic heterocycles. The van der Waals surface area contributed by atoms with Gasteiger partial charge in [0.25, 0.3) is 0 Å². The maximum Gasteiger partial charge on any atom is 0.416 e. The molecule has 0 aliphatic heterocycles. The number of hydrogen-bond donors (Lipinski definition) is 0. The van der Waals surface area contributed by atoms with Gasteiger partial charge in [-0.25, -0.2) is 4.79 Å². The molecule has 0 spiro atoms. The highest BCUT2D eigenvalue weighted by Crippen LogP contribution is 2.31. The van der Waals surface area contributed by atoms with Gasteiger partial charge < -0.3 is 14.5 Å². The fourth-order valence-electron chi connectivity index (χ4n) is 3.42. The number of rotatable bonds is 6. The largest absolute Gasteiger partial charge is 0.416 e. The van der Waals surface area contributed by atoms with Crippen molar-refractivity contribution < 1.29 is 22.7 Å². The molecule has 0 radical (unpaired) electrons. The Balaban J connectivity index is 1.77. The summed E-state index contributed by atoms with van der Waals surface area (Å²) in [6.45, 7) is 5.47. The van der Waals surface area contributed by atoms with Gasteiger partial charge in [0.1, 0.15) is 5.75 Å². The molecular weight excluding hydrogens is 393 g/mol. The highest BCUT2D eigenvalue weighted by atomic mass is 19.4. The molecule has 1 saturated carbocycles. The van der Waals surface area contributed by atoms with E-state index in [2.05, 4.69) is 23.3 Å². The molecule has 1 aliphatic rings. The standard InChI is InChI=1S/C23H29F3N2O2/c1-4-16-27(2)17-6-5-7-18-8-12-20(13-9-18)28(3)22(29)30-21-14-10-19(11-15-21)23(24,25)26/h4,10-11,14-15,18,20H,1,6,8-9,12-13,16-17H2,2-3H3.